The smallest absolute Gasteiger partial charge is 0.305 e. The van der Waals surface area contributed by atoms with E-state index in [-0.39, 0.29) is 28.7 Å². The summed E-state index contributed by atoms with van der Waals surface area (Å²) >= 11 is 0. The van der Waals surface area contributed by atoms with Gasteiger partial charge in [-0.15, -0.1) is 0 Å². The van der Waals surface area contributed by atoms with Crippen LogP contribution in [0.2, 0.25) is 0 Å². The standard InChI is InChI=1S/C29H35N6O3S/c1-19-14-24(21(3)32-26-10-8-9-11-28(26)39(7,37)38)23-12-13-27(34(6)29(36)25(23)15-19)22-16-31-35(18-22)20(2)17-33(5)30-4/h4,8-11,13-18,21,23-24,32H,12H2,1-3,5-7H3/q+1/b20-17+/t21-,23?,24?/m1/s1. The SMILES string of the molecule is C#[N+]N(C)/C=C(\C)n1cc(C2=CCC3C(=CC(C)=CC3[C@@H](C)Nc3ccccc3S(C)(=O)=O)C(=O)N2C)cn1. The Kier molecular flexibility index (Phi) is 7.84. The van der Waals surface area contributed by atoms with Crippen molar-refractivity contribution in [2.24, 2.45) is 11.8 Å². The number of anilines is 1. The van der Waals surface area contributed by atoms with Gasteiger partial charge in [-0.05, 0) is 44.3 Å². The normalized spacial score (nSPS) is 20.6. The first kappa shape index (κ1) is 27.9. The van der Waals surface area contributed by atoms with Crippen molar-refractivity contribution in [1.82, 2.24) is 19.7 Å². The Labute approximate surface area is 230 Å². The molecule has 1 aliphatic heterocycles. The molecule has 204 valence electrons. The van der Waals surface area contributed by atoms with Crippen LogP contribution in [0.1, 0.15) is 32.8 Å². The van der Waals surface area contributed by atoms with Gasteiger partial charge in [-0.1, -0.05) is 35.9 Å². The molecule has 0 fully saturated rings. The van der Waals surface area contributed by atoms with E-state index in [1.54, 1.807) is 54.3 Å². The Morgan fingerprint density at radius 2 is 2.05 bits per heavy atom. The van der Waals surface area contributed by atoms with Crippen LogP contribution in [0.15, 0.2) is 77.1 Å². The fraction of sp³-hybridized carbons (Fsp3) is 0.345. The van der Waals surface area contributed by atoms with E-state index in [1.165, 1.54) is 11.3 Å². The van der Waals surface area contributed by atoms with Gasteiger partial charge in [0.25, 0.3) is 5.91 Å². The van der Waals surface area contributed by atoms with Crippen molar-refractivity contribution in [1.29, 1.82) is 0 Å². The van der Waals surface area contributed by atoms with Crippen LogP contribution in [0.4, 0.5) is 5.69 Å². The summed E-state index contributed by atoms with van der Waals surface area (Å²) in [4.78, 5) is 19.3. The number of allylic oxidation sites excluding steroid dienone is 4. The van der Waals surface area contributed by atoms with Gasteiger partial charge < -0.3 is 10.2 Å². The van der Waals surface area contributed by atoms with E-state index in [0.717, 1.165) is 28.1 Å². The molecule has 1 aromatic heterocycles. The highest BCUT2D eigenvalue weighted by atomic mass is 32.2. The first-order valence-corrected chi connectivity index (χ1v) is 14.6. The van der Waals surface area contributed by atoms with E-state index in [4.69, 9.17) is 6.57 Å². The average Bonchev–Trinajstić information content (AvgIpc) is 3.34. The van der Waals surface area contributed by atoms with Gasteiger partial charge in [-0.3, -0.25) is 4.79 Å². The monoisotopic (exact) mass is 547 g/mol. The molecule has 1 N–H and O–H groups in total. The molecule has 3 atom stereocenters. The number of nitrogens with zero attached hydrogens (tertiary/aromatic N) is 5. The third-order valence-electron chi connectivity index (χ3n) is 7.22. The third kappa shape index (κ3) is 5.83. The predicted molar refractivity (Wildman–Crippen MR) is 155 cm³/mol. The maximum Gasteiger partial charge on any atom is 0.305 e. The number of para-hydroxylation sites is 1. The van der Waals surface area contributed by atoms with Gasteiger partial charge in [0.1, 0.15) is 6.20 Å². The molecule has 9 nitrogen and oxygen atoms in total. The molecule has 2 aromatic rings. The minimum Gasteiger partial charge on any atom is -0.381 e. The van der Waals surface area contributed by atoms with Gasteiger partial charge in [0.15, 0.2) is 9.84 Å². The van der Waals surface area contributed by atoms with Gasteiger partial charge in [-0.2, -0.15) is 5.10 Å². The number of fused-ring (bicyclic) bond motifs is 1. The number of amides is 1. The number of carbonyl (C=O) groups is 1. The zero-order chi connectivity index (χ0) is 28.5. The number of nitrogens with one attached hydrogen (secondary N) is 1. The number of hydrogen-bond donors (Lipinski definition) is 1. The van der Waals surface area contributed by atoms with Crippen molar-refractivity contribution in [2.75, 3.05) is 25.7 Å². The van der Waals surface area contributed by atoms with Crippen molar-refractivity contribution in [3.8, 4) is 6.57 Å². The van der Waals surface area contributed by atoms with E-state index in [1.807, 2.05) is 39.1 Å². The highest BCUT2D eigenvalue weighted by Crippen LogP contribution is 2.40. The molecule has 2 heterocycles. The number of hydrogen-bond acceptors (Lipinski definition) is 6. The molecule has 0 spiro atoms. The first-order valence-electron chi connectivity index (χ1n) is 12.7. The second-order valence-electron chi connectivity index (χ2n) is 10.2. The van der Waals surface area contributed by atoms with Crippen LogP contribution in [-0.4, -0.2) is 60.4 Å². The molecule has 0 bridgehead atoms. The summed E-state index contributed by atoms with van der Waals surface area (Å²) in [5, 5.41) is 9.39. The van der Waals surface area contributed by atoms with Crippen LogP contribution in [-0.2, 0) is 14.6 Å². The van der Waals surface area contributed by atoms with Crippen LogP contribution in [0.3, 0.4) is 0 Å². The lowest BCUT2D eigenvalue weighted by molar-refractivity contribution is -0.123. The van der Waals surface area contributed by atoms with E-state index in [2.05, 4.69) is 27.5 Å². The van der Waals surface area contributed by atoms with Crippen LogP contribution in [0.25, 0.3) is 16.3 Å². The quantitative estimate of drug-likeness (QED) is 0.504. The average molecular weight is 548 g/mol. The van der Waals surface area contributed by atoms with Crippen LogP contribution < -0.4 is 5.32 Å². The van der Waals surface area contributed by atoms with Gasteiger partial charge >= 0.3 is 6.57 Å². The summed E-state index contributed by atoms with van der Waals surface area (Å²) < 4.78 is 26.4. The number of carbonyl (C=O) groups excluding carboxylic acids is 1. The maximum atomic E-state index is 13.8. The number of rotatable bonds is 7. The molecular weight excluding hydrogens is 512 g/mol. The molecule has 0 saturated heterocycles. The summed E-state index contributed by atoms with van der Waals surface area (Å²) in [6, 6.07) is 6.78. The van der Waals surface area contributed by atoms with Crippen LogP contribution >= 0.6 is 0 Å². The van der Waals surface area contributed by atoms with Gasteiger partial charge in [0.05, 0.1) is 40.2 Å². The van der Waals surface area contributed by atoms with Crippen molar-refractivity contribution in [3.05, 3.63) is 82.8 Å². The lowest BCUT2D eigenvalue weighted by Gasteiger charge is -2.34. The van der Waals surface area contributed by atoms with Crippen molar-refractivity contribution >= 4 is 32.8 Å². The number of benzene rings is 1. The molecular formula is C29H35N6O3S+. The Morgan fingerprint density at radius 1 is 1.33 bits per heavy atom. The highest BCUT2D eigenvalue weighted by molar-refractivity contribution is 7.90. The fourth-order valence-corrected chi connectivity index (χ4v) is 6.13. The van der Waals surface area contributed by atoms with Gasteiger partial charge in [0.2, 0.25) is 0 Å². The van der Waals surface area contributed by atoms with Crippen LogP contribution in [0, 0.1) is 18.4 Å². The Hall–Kier alpha value is -4.10. The molecule has 2 unspecified atom stereocenters. The first-order chi connectivity index (χ1) is 18.4. The highest BCUT2D eigenvalue weighted by Gasteiger charge is 2.37. The summed E-state index contributed by atoms with van der Waals surface area (Å²) in [5.41, 5.74) is 4.72. The third-order valence-corrected chi connectivity index (χ3v) is 8.38. The summed E-state index contributed by atoms with van der Waals surface area (Å²) in [6.45, 7) is 11.2. The van der Waals surface area contributed by atoms with E-state index >= 15 is 0 Å². The summed E-state index contributed by atoms with van der Waals surface area (Å²) in [5.74, 6) is -0.175. The zero-order valence-electron chi connectivity index (χ0n) is 23.2. The Balaban J connectivity index is 1.65. The molecule has 1 aliphatic carbocycles. The molecule has 10 heteroatoms. The minimum absolute atomic E-state index is 0.0333. The molecule has 1 aromatic carbocycles. The molecule has 39 heavy (non-hydrogen) atoms. The fourth-order valence-electron chi connectivity index (χ4n) is 5.28. The lowest BCUT2D eigenvalue weighted by atomic mass is 9.74. The molecule has 0 radical (unpaired) electrons. The minimum atomic E-state index is -3.40. The molecule has 4 rings (SSSR count). The van der Waals surface area contributed by atoms with E-state index < -0.39 is 9.84 Å². The zero-order valence-corrected chi connectivity index (χ0v) is 24.0. The molecule has 1 amide bonds. The lowest BCUT2D eigenvalue weighted by Crippen LogP contribution is -2.37. The second kappa shape index (κ2) is 10.9. The van der Waals surface area contributed by atoms with Gasteiger partial charge in [0, 0.05) is 48.5 Å². The van der Waals surface area contributed by atoms with Crippen molar-refractivity contribution in [2.45, 2.75) is 38.1 Å². The molecule has 0 saturated carbocycles. The second-order valence-corrected chi connectivity index (χ2v) is 12.2. The number of likely N-dealkylation sites (N-methyl/N-ethyl adjacent to an activating group) is 1. The molecule has 2 aliphatic rings. The Morgan fingerprint density at radius 3 is 2.74 bits per heavy atom. The van der Waals surface area contributed by atoms with Crippen molar-refractivity contribution in [3.63, 3.8) is 0 Å². The topological polar surface area (TPSA) is 91.9 Å². The number of aromatic nitrogens is 2. The largest absolute Gasteiger partial charge is 0.381 e. The van der Waals surface area contributed by atoms with E-state index in [0.29, 0.717) is 12.1 Å². The van der Waals surface area contributed by atoms with Crippen LogP contribution in [0.5, 0.6) is 0 Å². The maximum absolute atomic E-state index is 13.8. The predicted octanol–water partition coefficient (Wildman–Crippen LogP) is 4.74. The van der Waals surface area contributed by atoms with Gasteiger partial charge in [-0.25, -0.2) is 13.1 Å². The summed E-state index contributed by atoms with van der Waals surface area (Å²) in [7, 11) is 0.109. The Bertz CT molecular complexity index is 1560. The number of sulfone groups is 1. The van der Waals surface area contributed by atoms with Crippen molar-refractivity contribution < 1.29 is 13.2 Å². The summed E-state index contributed by atoms with van der Waals surface area (Å²) in [6.07, 6.45) is 13.4. The van der Waals surface area contributed by atoms with E-state index in [9.17, 15) is 13.2 Å².